The molecule has 2 fully saturated rings. The van der Waals surface area contributed by atoms with Crippen molar-refractivity contribution in [3.8, 4) is 11.3 Å². The summed E-state index contributed by atoms with van der Waals surface area (Å²) in [6.45, 7) is 17.3. The molecule has 2 saturated heterocycles. The Kier molecular flexibility index (Phi) is 14.2. The Balaban J connectivity index is 0.755. The van der Waals surface area contributed by atoms with Crippen molar-refractivity contribution >= 4 is 71.5 Å². The first-order valence-electron chi connectivity index (χ1n) is 27.1. The van der Waals surface area contributed by atoms with Gasteiger partial charge in [0.25, 0.3) is 23.3 Å². The Morgan fingerprint density at radius 3 is 2.36 bits per heavy atom. The van der Waals surface area contributed by atoms with Crippen LogP contribution in [0.1, 0.15) is 101 Å². The number of rotatable bonds is 14. The maximum absolute atomic E-state index is 14.1. The number of piperazine rings is 1. The molecule has 5 N–H and O–H groups in total. The number of phosphoric ester groups is 1. The average Bonchev–Trinajstić information content (AvgIpc) is 3.58. The van der Waals surface area contributed by atoms with E-state index in [0.717, 1.165) is 68.1 Å². The summed E-state index contributed by atoms with van der Waals surface area (Å²) in [5.74, 6) is -1.28. The first-order chi connectivity index (χ1) is 38.5. The first-order valence-corrected chi connectivity index (χ1v) is 28.6. The van der Waals surface area contributed by atoms with E-state index in [-0.39, 0.29) is 51.7 Å². The maximum Gasteiger partial charge on any atom is 0.470 e. The fourth-order valence-corrected chi connectivity index (χ4v) is 13.1. The van der Waals surface area contributed by atoms with Crippen molar-refractivity contribution < 1.29 is 43.2 Å². The minimum absolute atomic E-state index is 0.00630. The van der Waals surface area contributed by atoms with Crippen molar-refractivity contribution in [2.45, 2.75) is 91.1 Å². The molecule has 11 rings (SSSR count). The molecule has 4 aliphatic heterocycles. The molecule has 0 spiro atoms. The second-order valence-corrected chi connectivity index (χ2v) is 24.0. The van der Waals surface area contributed by atoms with Crippen LogP contribution in [0.25, 0.3) is 11.3 Å². The molecular weight excluding hydrogens is 1060 g/mol. The highest BCUT2D eigenvalue weighted by Crippen LogP contribution is 2.46. The van der Waals surface area contributed by atoms with Gasteiger partial charge in [0.2, 0.25) is 5.91 Å². The van der Waals surface area contributed by atoms with Crippen molar-refractivity contribution in [1.82, 2.24) is 29.0 Å². The van der Waals surface area contributed by atoms with E-state index >= 15 is 0 Å². The van der Waals surface area contributed by atoms with Crippen LogP contribution in [0.4, 0.5) is 40.1 Å². The van der Waals surface area contributed by atoms with Gasteiger partial charge in [0.1, 0.15) is 17.1 Å². The monoisotopic (exact) mass is 1120 g/mol. The van der Waals surface area contributed by atoms with E-state index < -0.39 is 43.3 Å². The lowest BCUT2D eigenvalue weighted by Crippen LogP contribution is -2.57. The van der Waals surface area contributed by atoms with Crippen LogP contribution < -0.4 is 35.8 Å². The Labute approximate surface area is 467 Å². The third-order valence-corrected chi connectivity index (χ3v) is 17.0. The quantitative estimate of drug-likeness (QED) is 0.0442. The molecule has 4 aromatic heterocycles. The number of nitrogens with zero attached hydrogens (tertiary/aromatic N) is 10. The van der Waals surface area contributed by atoms with Gasteiger partial charge in [0, 0.05) is 112 Å². The summed E-state index contributed by atoms with van der Waals surface area (Å²) in [4.78, 5) is 110. The minimum Gasteiger partial charge on any atom is -0.392 e. The van der Waals surface area contributed by atoms with Gasteiger partial charge in [-0.1, -0.05) is 20.4 Å². The van der Waals surface area contributed by atoms with Crippen LogP contribution in [-0.4, -0.2) is 119 Å². The van der Waals surface area contributed by atoms with Crippen LogP contribution >= 0.6 is 7.82 Å². The molecule has 0 radical (unpaired) electrons. The van der Waals surface area contributed by atoms with Crippen LogP contribution in [0.5, 0.6) is 0 Å². The van der Waals surface area contributed by atoms with Gasteiger partial charge >= 0.3 is 7.82 Å². The molecular formula is C58H65N12O10P. The molecule has 2 aromatic carbocycles. The molecule has 0 bridgehead atoms. The number of anilines is 7. The fourth-order valence-electron chi connectivity index (χ4n) is 12.4. The van der Waals surface area contributed by atoms with Crippen LogP contribution in [-0.2, 0) is 52.5 Å². The van der Waals surface area contributed by atoms with Gasteiger partial charge < -0.3 is 44.5 Å². The number of aliphatic hydroxyl groups is 1. The van der Waals surface area contributed by atoms with Crippen molar-refractivity contribution in [3.05, 3.63) is 142 Å². The highest BCUT2D eigenvalue weighted by molar-refractivity contribution is 7.46. The lowest BCUT2D eigenvalue weighted by molar-refractivity contribution is -0.111. The number of benzene rings is 2. The molecule has 23 heteroatoms. The van der Waals surface area contributed by atoms with Crippen molar-refractivity contribution in [2.24, 2.45) is 12.5 Å². The first kappa shape index (κ1) is 55.1. The van der Waals surface area contributed by atoms with Gasteiger partial charge in [-0.3, -0.25) is 43.3 Å². The highest BCUT2D eigenvalue weighted by Gasteiger charge is 2.41. The molecule has 4 amide bonds. The zero-order valence-electron chi connectivity index (χ0n) is 46.0. The number of carbonyl (C=O) groups excluding carboxylic acids is 4. The normalized spacial score (nSPS) is 18.5. The summed E-state index contributed by atoms with van der Waals surface area (Å²) >= 11 is 0. The van der Waals surface area contributed by atoms with Crippen LogP contribution in [0.3, 0.4) is 0 Å². The smallest absolute Gasteiger partial charge is 0.392 e. The Hall–Kier alpha value is -7.85. The van der Waals surface area contributed by atoms with Gasteiger partial charge in [-0.15, -0.1) is 0 Å². The molecule has 5 aliphatic rings. The van der Waals surface area contributed by atoms with Crippen LogP contribution in [0, 0.1) is 5.41 Å². The van der Waals surface area contributed by atoms with Crippen molar-refractivity contribution in [3.63, 3.8) is 0 Å². The Morgan fingerprint density at radius 2 is 1.63 bits per heavy atom. The highest BCUT2D eigenvalue weighted by atomic mass is 31.2. The Bertz CT molecular complexity index is 3690. The number of piperidine rings is 1. The standard InChI is InChI=1S/C58H65N12O10P/c1-8-50(72)62-44-26-36(61-51-56(76)64(7)32-45(63-51)40-14-18-60-52(43(40)33-71)69-24-23-68-47(55(69)75)25-35-29-57(3,4)30-48(35)68)9-12-46(44)67-22-21-66(31-34(67)2)37-15-19-65(20-16-37)38-10-11-41-42(27-38)54(74)70(53(41)73)39-13-17-59-49(28-39)58(5,6)80-81(77,78)79/h8-14,17-18,25-28,32,34,37,71H,1,15-16,19-24,29-31,33H2,2-7H3,(H,61,63)(H,62,72)(H2,77,78,79)/t34-/m0/s1. The number of hydrogen-bond donors (Lipinski definition) is 5. The number of nitrogens with one attached hydrogen (secondary N) is 2. The number of fused-ring (bicyclic) bond motifs is 4. The molecule has 8 heterocycles. The molecule has 1 atom stereocenters. The van der Waals surface area contributed by atoms with E-state index in [4.69, 9.17) is 9.51 Å². The molecule has 1 aliphatic carbocycles. The SMILES string of the molecule is C=CC(=O)Nc1cc(Nc2nc(-c3ccnc(N4CCn5c(cc6c5CC(C)(C)C6)C4=O)c3CO)cn(C)c2=O)ccc1N1CCN(C2CCN(c3ccc4c(c3)C(=O)N(c3ccnc(C(C)(C)OP(=O)(O)O)c3)C4=O)CC2)C[C@@H]1C. The van der Waals surface area contributed by atoms with Gasteiger partial charge in [-0.2, -0.15) is 0 Å². The Morgan fingerprint density at radius 1 is 0.877 bits per heavy atom. The number of hydrogen-bond acceptors (Lipinski definition) is 15. The molecule has 422 valence electrons. The van der Waals surface area contributed by atoms with Gasteiger partial charge in [-0.05, 0) is 124 Å². The topological polar surface area (TPSA) is 261 Å². The average molecular weight is 1120 g/mol. The molecule has 81 heavy (non-hydrogen) atoms. The maximum atomic E-state index is 14.1. The van der Waals surface area contributed by atoms with Gasteiger partial charge in [0.15, 0.2) is 5.82 Å². The second-order valence-electron chi connectivity index (χ2n) is 22.8. The van der Waals surface area contributed by atoms with Crippen molar-refractivity contribution in [1.29, 1.82) is 0 Å². The summed E-state index contributed by atoms with van der Waals surface area (Å²) in [6.07, 6.45) is 9.26. The van der Waals surface area contributed by atoms with Crippen LogP contribution in [0.15, 0.2) is 96.7 Å². The number of aliphatic hydroxyl groups excluding tert-OH is 1. The summed E-state index contributed by atoms with van der Waals surface area (Å²) < 4.78 is 20.1. The van der Waals surface area contributed by atoms with E-state index in [1.807, 2.05) is 24.3 Å². The minimum atomic E-state index is -4.88. The molecule has 6 aromatic rings. The number of phosphoric acid groups is 1. The van der Waals surface area contributed by atoms with Crippen LogP contribution in [0.2, 0.25) is 0 Å². The zero-order chi connectivity index (χ0) is 57.4. The second kappa shape index (κ2) is 20.9. The number of imide groups is 1. The largest absolute Gasteiger partial charge is 0.470 e. The van der Waals surface area contributed by atoms with Gasteiger partial charge in [0.05, 0.1) is 46.2 Å². The van der Waals surface area contributed by atoms with E-state index in [9.17, 15) is 43.4 Å². The fraction of sp³-hybridized carbons (Fsp3) is 0.379. The number of aromatic nitrogens is 5. The number of pyridine rings is 2. The van der Waals surface area contributed by atoms with E-state index in [0.29, 0.717) is 59.3 Å². The lowest BCUT2D eigenvalue weighted by Gasteiger charge is -2.47. The number of carbonyl (C=O) groups is 4. The zero-order valence-corrected chi connectivity index (χ0v) is 46.9. The molecule has 22 nitrogen and oxygen atoms in total. The predicted octanol–water partition coefficient (Wildman–Crippen LogP) is 6.51. The van der Waals surface area contributed by atoms with E-state index in [2.05, 4.69) is 67.2 Å². The third kappa shape index (κ3) is 10.5. The number of amides is 4. The summed E-state index contributed by atoms with van der Waals surface area (Å²) in [5.41, 5.74) is 5.99. The van der Waals surface area contributed by atoms with E-state index in [1.54, 1.807) is 48.6 Å². The predicted molar refractivity (Wildman–Crippen MR) is 306 cm³/mol. The third-order valence-electron chi connectivity index (χ3n) is 16.3. The van der Waals surface area contributed by atoms with Crippen molar-refractivity contribution in [2.75, 3.05) is 69.5 Å². The van der Waals surface area contributed by atoms with Gasteiger partial charge in [-0.25, -0.2) is 19.4 Å². The molecule has 0 unspecified atom stereocenters. The summed E-state index contributed by atoms with van der Waals surface area (Å²) in [5, 5.41) is 17.1. The number of aryl methyl sites for hydroxylation is 1. The van der Waals surface area contributed by atoms with E-state index in [1.165, 1.54) is 54.1 Å². The summed E-state index contributed by atoms with van der Waals surface area (Å²) in [6, 6.07) is 17.7. The summed E-state index contributed by atoms with van der Waals surface area (Å²) in [7, 11) is -3.27. The lowest BCUT2D eigenvalue weighted by atomic mass is 9.90. The molecule has 0 saturated carbocycles.